The van der Waals surface area contributed by atoms with Crippen LogP contribution in [0.4, 0.5) is 11.4 Å². The second-order valence-electron chi connectivity index (χ2n) is 8.47. The summed E-state index contributed by atoms with van der Waals surface area (Å²) in [6.07, 6.45) is 0. The van der Waals surface area contributed by atoms with E-state index in [9.17, 15) is 9.59 Å². The van der Waals surface area contributed by atoms with Gasteiger partial charge < -0.3 is 25.2 Å². The van der Waals surface area contributed by atoms with Gasteiger partial charge >= 0.3 is 0 Å². The minimum absolute atomic E-state index is 0.0645. The van der Waals surface area contributed by atoms with Crippen molar-refractivity contribution in [2.24, 2.45) is 5.73 Å². The van der Waals surface area contributed by atoms with Crippen LogP contribution in [0, 0.1) is 6.92 Å². The van der Waals surface area contributed by atoms with Crippen molar-refractivity contribution in [3.63, 3.8) is 0 Å². The molecule has 0 aliphatic carbocycles. The zero-order valence-electron chi connectivity index (χ0n) is 19.7. The summed E-state index contributed by atoms with van der Waals surface area (Å²) in [6.45, 7) is 2.76. The quantitative estimate of drug-likeness (QED) is 0.414. The highest BCUT2D eigenvalue weighted by molar-refractivity contribution is 5.96. The summed E-state index contributed by atoms with van der Waals surface area (Å²) < 4.78 is 10.4. The van der Waals surface area contributed by atoms with Crippen molar-refractivity contribution in [1.82, 2.24) is 10.1 Å². The second-order valence-corrected chi connectivity index (χ2v) is 8.47. The van der Waals surface area contributed by atoms with E-state index in [1.54, 1.807) is 11.8 Å². The largest absolute Gasteiger partial charge is 0.370 e. The molecule has 1 saturated heterocycles. The summed E-state index contributed by atoms with van der Waals surface area (Å²) in [6, 6.07) is 23.9. The van der Waals surface area contributed by atoms with E-state index in [-0.39, 0.29) is 12.5 Å². The van der Waals surface area contributed by atoms with Crippen LogP contribution in [0.25, 0.3) is 11.4 Å². The summed E-state index contributed by atoms with van der Waals surface area (Å²) >= 11 is 0. The summed E-state index contributed by atoms with van der Waals surface area (Å²) in [4.78, 5) is 31.5. The highest BCUT2D eigenvalue weighted by atomic mass is 16.5. The molecular formula is C27H25N5O4. The van der Waals surface area contributed by atoms with E-state index in [0.717, 1.165) is 5.69 Å². The van der Waals surface area contributed by atoms with Crippen LogP contribution >= 0.6 is 0 Å². The van der Waals surface area contributed by atoms with Crippen LogP contribution in [0.1, 0.15) is 17.0 Å². The van der Waals surface area contributed by atoms with Gasteiger partial charge in [-0.1, -0.05) is 53.7 Å². The Morgan fingerprint density at radius 3 is 2.44 bits per heavy atom. The lowest BCUT2D eigenvalue weighted by molar-refractivity contribution is -0.125. The Morgan fingerprint density at radius 2 is 1.78 bits per heavy atom. The molecule has 0 spiro atoms. The first kappa shape index (κ1) is 23.3. The number of nitrogens with zero attached hydrogens (tertiary/aromatic N) is 3. The van der Waals surface area contributed by atoms with Crippen LogP contribution in [0.15, 0.2) is 83.4 Å². The number of primary amides is 1. The van der Waals surface area contributed by atoms with E-state index < -0.39 is 11.4 Å². The number of morpholine rings is 1. The fourth-order valence-corrected chi connectivity index (χ4v) is 4.39. The molecule has 0 bridgehead atoms. The predicted molar refractivity (Wildman–Crippen MR) is 134 cm³/mol. The van der Waals surface area contributed by atoms with E-state index in [0.29, 0.717) is 47.2 Å². The number of aromatic nitrogens is 2. The predicted octanol–water partition coefficient (Wildman–Crippen LogP) is 3.25. The highest BCUT2D eigenvalue weighted by Gasteiger charge is 2.41. The van der Waals surface area contributed by atoms with Crippen LogP contribution in [0.2, 0.25) is 0 Å². The van der Waals surface area contributed by atoms with Gasteiger partial charge in [-0.15, -0.1) is 0 Å². The average Bonchev–Trinajstić information content (AvgIpc) is 3.35. The van der Waals surface area contributed by atoms with Gasteiger partial charge in [0.15, 0.2) is 5.54 Å². The number of carbonyl (C=O) groups excluding carboxylic acids is 2. The fourth-order valence-electron chi connectivity index (χ4n) is 4.39. The zero-order chi connectivity index (χ0) is 25.1. The van der Waals surface area contributed by atoms with E-state index in [1.165, 1.54) is 0 Å². The molecule has 0 saturated carbocycles. The van der Waals surface area contributed by atoms with E-state index in [2.05, 4.69) is 15.5 Å². The van der Waals surface area contributed by atoms with Gasteiger partial charge in [-0.3, -0.25) is 9.59 Å². The summed E-state index contributed by atoms with van der Waals surface area (Å²) in [5.41, 5.74) is 8.12. The molecule has 9 heteroatoms. The number of hydrogen-bond acceptors (Lipinski definition) is 7. The standard InChI is InChI=1S/C27H25N5O4/c1-18-29-25(31-36-18)19-6-5-9-21(16-19)27(26(28)34,20-7-3-2-4-8-20)30-22-10-12-23(13-11-22)32-14-15-35-17-24(32)33/h2-13,16,30H,14-15,17H2,1H3,(H2,28,34). The molecule has 9 nitrogen and oxygen atoms in total. The molecule has 3 N–H and O–H groups in total. The maximum absolute atomic E-state index is 13.3. The van der Waals surface area contributed by atoms with Crippen molar-refractivity contribution in [2.75, 3.05) is 30.0 Å². The van der Waals surface area contributed by atoms with Crippen molar-refractivity contribution in [2.45, 2.75) is 12.5 Å². The number of hydrogen-bond donors (Lipinski definition) is 2. The van der Waals surface area contributed by atoms with Crippen molar-refractivity contribution in [1.29, 1.82) is 0 Å². The molecule has 1 aliphatic rings. The van der Waals surface area contributed by atoms with Crippen molar-refractivity contribution in [3.05, 3.63) is 95.9 Å². The lowest BCUT2D eigenvalue weighted by Crippen LogP contribution is -2.48. The average molecular weight is 484 g/mol. The van der Waals surface area contributed by atoms with Gasteiger partial charge in [0.25, 0.3) is 11.8 Å². The van der Waals surface area contributed by atoms with Gasteiger partial charge in [-0.2, -0.15) is 4.98 Å². The van der Waals surface area contributed by atoms with Gasteiger partial charge in [-0.25, -0.2) is 0 Å². The molecule has 1 aromatic heterocycles. The van der Waals surface area contributed by atoms with Crippen LogP contribution in [-0.4, -0.2) is 41.7 Å². The van der Waals surface area contributed by atoms with Crippen LogP contribution in [-0.2, 0) is 19.9 Å². The fraction of sp³-hybridized carbons (Fsp3) is 0.185. The first-order chi connectivity index (χ1) is 17.5. The van der Waals surface area contributed by atoms with Gasteiger partial charge in [0.1, 0.15) is 6.61 Å². The Morgan fingerprint density at radius 1 is 1.03 bits per heavy atom. The van der Waals surface area contributed by atoms with Gasteiger partial charge in [0.2, 0.25) is 11.7 Å². The number of anilines is 2. The minimum atomic E-state index is -1.40. The van der Waals surface area contributed by atoms with Gasteiger partial charge in [-0.05, 0) is 41.5 Å². The van der Waals surface area contributed by atoms with E-state index in [1.807, 2.05) is 78.9 Å². The van der Waals surface area contributed by atoms with Crippen LogP contribution in [0.5, 0.6) is 0 Å². The molecule has 1 unspecified atom stereocenters. The molecule has 2 heterocycles. The topological polar surface area (TPSA) is 124 Å². The molecule has 2 amide bonds. The molecule has 3 aromatic carbocycles. The van der Waals surface area contributed by atoms with E-state index >= 15 is 0 Å². The number of ether oxygens (including phenoxy) is 1. The first-order valence-electron chi connectivity index (χ1n) is 11.5. The van der Waals surface area contributed by atoms with E-state index in [4.69, 9.17) is 15.0 Å². The molecular weight excluding hydrogens is 458 g/mol. The number of aryl methyl sites for hydroxylation is 1. The smallest absolute Gasteiger partial charge is 0.253 e. The maximum atomic E-state index is 13.3. The Bertz CT molecular complexity index is 1390. The molecule has 5 rings (SSSR count). The monoisotopic (exact) mass is 483 g/mol. The normalized spacial score (nSPS) is 15.4. The number of rotatable bonds is 7. The Hall–Kier alpha value is -4.50. The molecule has 36 heavy (non-hydrogen) atoms. The highest BCUT2D eigenvalue weighted by Crippen LogP contribution is 2.36. The number of nitrogens with one attached hydrogen (secondary N) is 1. The molecule has 4 aromatic rings. The third-order valence-corrected chi connectivity index (χ3v) is 6.15. The first-order valence-corrected chi connectivity index (χ1v) is 11.5. The Kier molecular flexibility index (Phi) is 6.22. The molecule has 1 aliphatic heterocycles. The Labute approximate surface area is 207 Å². The summed E-state index contributed by atoms with van der Waals surface area (Å²) in [5, 5.41) is 7.39. The number of amides is 2. The third-order valence-electron chi connectivity index (χ3n) is 6.15. The van der Waals surface area contributed by atoms with Gasteiger partial charge in [0.05, 0.1) is 6.61 Å². The van der Waals surface area contributed by atoms with Crippen molar-refractivity contribution >= 4 is 23.2 Å². The molecule has 0 radical (unpaired) electrons. The maximum Gasteiger partial charge on any atom is 0.253 e. The molecule has 182 valence electrons. The van der Waals surface area contributed by atoms with Crippen LogP contribution < -0.4 is 16.0 Å². The zero-order valence-corrected chi connectivity index (χ0v) is 19.7. The third kappa shape index (κ3) is 4.32. The summed E-state index contributed by atoms with van der Waals surface area (Å²) in [7, 11) is 0. The van der Waals surface area contributed by atoms with Crippen molar-refractivity contribution in [3.8, 4) is 11.4 Å². The number of nitrogens with two attached hydrogens (primary N) is 1. The Balaban J connectivity index is 1.57. The van der Waals surface area contributed by atoms with Gasteiger partial charge in [0, 0.05) is 30.4 Å². The number of benzene rings is 3. The minimum Gasteiger partial charge on any atom is -0.370 e. The SMILES string of the molecule is Cc1nc(-c2cccc(C(Nc3ccc(N4CCOCC4=O)cc3)(C(N)=O)c3ccccc3)c2)no1. The summed E-state index contributed by atoms with van der Waals surface area (Å²) in [5.74, 6) is 0.186. The van der Waals surface area contributed by atoms with Crippen molar-refractivity contribution < 1.29 is 18.8 Å². The number of carbonyl (C=O) groups is 2. The van der Waals surface area contributed by atoms with Crippen LogP contribution in [0.3, 0.4) is 0 Å². The lowest BCUT2D eigenvalue weighted by atomic mass is 9.81. The molecule has 1 atom stereocenters. The molecule has 1 fully saturated rings. The second kappa shape index (κ2) is 9.63. The lowest BCUT2D eigenvalue weighted by Gasteiger charge is -2.34.